The molecule has 0 fully saturated rings. The van der Waals surface area contributed by atoms with Gasteiger partial charge in [0.15, 0.2) is 0 Å². The molecule has 0 aliphatic rings. The summed E-state index contributed by atoms with van der Waals surface area (Å²) in [5.74, 6) is 0.0859. The van der Waals surface area contributed by atoms with Crippen molar-refractivity contribution in [1.29, 1.82) is 0 Å². The zero-order valence-corrected chi connectivity index (χ0v) is 15.9. The van der Waals surface area contributed by atoms with Crippen molar-refractivity contribution in [2.75, 3.05) is 12.3 Å². The summed E-state index contributed by atoms with van der Waals surface area (Å²) in [5.41, 5.74) is 7.53. The number of carbonyl (C=O) groups excluding carboxylic acids is 1. The van der Waals surface area contributed by atoms with Gasteiger partial charge in [-0.05, 0) is 31.0 Å². The van der Waals surface area contributed by atoms with Gasteiger partial charge in [0.25, 0.3) is 17.1 Å². The second kappa shape index (κ2) is 8.16. The lowest BCUT2D eigenvalue weighted by atomic mass is 10.1. The number of aromatic nitrogens is 3. The number of amides is 1. The number of fused-ring (bicyclic) bond motifs is 2. The van der Waals surface area contributed by atoms with E-state index in [-0.39, 0.29) is 11.5 Å². The van der Waals surface area contributed by atoms with Crippen LogP contribution in [-0.2, 0) is 6.54 Å². The Morgan fingerprint density at radius 3 is 2.78 bits per heavy atom. The molecule has 0 bridgehead atoms. The molecule has 142 valence electrons. The second-order valence-electron chi connectivity index (χ2n) is 6.64. The number of unbranched alkanes of at least 4 members (excludes halogenated alkanes) is 2. The number of pyridine rings is 2. The van der Waals surface area contributed by atoms with Gasteiger partial charge in [0.2, 0.25) is 11.5 Å². The van der Waals surface area contributed by atoms with Crippen molar-refractivity contribution in [3.63, 3.8) is 0 Å². The van der Waals surface area contributed by atoms with Crippen LogP contribution in [0.25, 0.3) is 16.7 Å². The number of hydrogen-bond acceptors (Lipinski definition) is 4. The van der Waals surface area contributed by atoms with E-state index in [1.165, 1.54) is 4.40 Å². The van der Waals surface area contributed by atoms with Crippen molar-refractivity contribution < 1.29 is 9.36 Å². The van der Waals surface area contributed by atoms with Crippen LogP contribution in [0.1, 0.15) is 49.9 Å². The predicted molar refractivity (Wildman–Crippen MR) is 106 cm³/mol. The zero-order valence-electron chi connectivity index (χ0n) is 15.9. The minimum absolute atomic E-state index is 0.205. The summed E-state index contributed by atoms with van der Waals surface area (Å²) < 4.78 is 3.28. The minimum atomic E-state index is -0.259. The monoisotopic (exact) mass is 368 g/mol. The fourth-order valence-electron chi connectivity index (χ4n) is 3.10. The Morgan fingerprint density at radius 1 is 1.26 bits per heavy atom. The van der Waals surface area contributed by atoms with Gasteiger partial charge in [-0.2, -0.15) is 0 Å². The average Bonchev–Trinajstić information content (AvgIpc) is 2.67. The van der Waals surface area contributed by atoms with Crippen molar-refractivity contribution in [1.82, 2.24) is 14.7 Å². The van der Waals surface area contributed by atoms with Gasteiger partial charge in [-0.3, -0.25) is 14.0 Å². The Labute approximate surface area is 157 Å². The summed E-state index contributed by atoms with van der Waals surface area (Å²) in [6.45, 7) is 5.33. The SMILES string of the molecule is CCCCNC(=O)c1cc2c(=O)n3ccccc3nc2[n+](CCCC)c1N. The molecule has 3 aromatic rings. The second-order valence-corrected chi connectivity index (χ2v) is 6.64. The van der Waals surface area contributed by atoms with Gasteiger partial charge in [-0.25, -0.2) is 4.57 Å². The molecule has 3 N–H and O–H groups in total. The van der Waals surface area contributed by atoms with Gasteiger partial charge in [-0.15, -0.1) is 0 Å². The third-order valence-corrected chi connectivity index (χ3v) is 4.66. The number of anilines is 1. The van der Waals surface area contributed by atoms with Crippen LogP contribution >= 0.6 is 0 Å². The van der Waals surface area contributed by atoms with Gasteiger partial charge in [0.1, 0.15) is 10.9 Å². The van der Waals surface area contributed by atoms with E-state index < -0.39 is 0 Å². The average molecular weight is 368 g/mol. The predicted octanol–water partition coefficient (Wildman–Crippen LogP) is 2.05. The highest BCUT2D eigenvalue weighted by atomic mass is 16.1. The number of nitrogens with zero attached hydrogens (tertiary/aromatic N) is 3. The molecule has 1 amide bonds. The van der Waals surface area contributed by atoms with E-state index in [9.17, 15) is 9.59 Å². The molecule has 3 heterocycles. The van der Waals surface area contributed by atoms with Crippen LogP contribution in [0.2, 0.25) is 0 Å². The van der Waals surface area contributed by atoms with E-state index in [4.69, 9.17) is 5.73 Å². The van der Waals surface area contributed by atoms with E-state index in [1.807, 2.05) is 6.07 Å². The molecule has 3 aromatic heterocycles. The number of hydrogen-bond donors (Lipinski definition) is 2. The number of aryl methyl sites for hydroxylation is 1. The van der Waals surface area contributed by atoms with E-state index in [1.54, 1.807) is 29.0 Å². The van der Waals surface area contributed by atoms with Crippen LogP contribution in [-0.4, -0.2) is 21.8 Å². The maximum Gasteiger partial charge on any atom is 0.278 e. The first kappa shape index (κ1) is 18.8. The first-order valence-electron chi connectivity index (χ1n) is 9.50. The molecular weight excluding hydrogens is 342 g/mol. The first-order chi connectivity index (χ1) is 13.1. The summed E-state index contributed by atoms with van der Waals surface area (Å²) in [7, 11) is 0. The number of carbonyl (C=O) groups is 1. The molecule has 27 heavy (non-hydrogen) atoms. The summed E-state index contributed by atoms with van der Waals surface area (Å²) >= 11 is 0. The Bertz CT molecular complexity index is 1040. The molecule has 7 nitrogen and oxygen atoms in total. The Kier molecular flexibility index (Phi) is 5.69. The summed E-state index contributed by atoms with van der Waals surface area (Å²) in [5, 5.41) is 3.28. The number of rotatable bonds is 7. The van der Waals surface area contributed by atoms with Crippen LogP contribution in [0.4, 0.5) is 5.82 Å². The highest BCUT2D eigenvalue weighted by Crippen LogP contribution is 2.15. The van der Waals surface area contributed by atoms with Crippen LogP contribution in [0.5, 0.6) is 0 Å². The molecule has 0 unspecified atom stereocenters. The lowest BCUT2D eigenvalue weighted by Gasteiger charge is -2.12. The van der Waals surface area contributed by atoms with E-state index in [0.717, 1.165) is 25.7 Å². The number of nitrogens with two attached hydrogens (primary N) is 1. The van der Waals surface area contributed by atoms with Gasteiger partial charge in [0.05, 0.1) is 6.54 Å². The standard InChI is InChI=1S/C20H25N5O2/c1-3-5-10-22-19(26)14-13-15-18(25(17(14)21)11-6-4-2)23-16-9-7-8-12-24(16)20(15)27/h7-9,12-13,21H,3-6,10-11H2,1-2H3,(H,22,26)/p+1. The molecule has 0 saturated heterocycles. The van der Waals surface area contributed by atoms with Gasteiger partial charge < -0.3 is 11.1 Å². The summed E-state index contributed by atoms with van der Waals surface area (Å²) in [6, 6.07) is 6.97. The third-order valence-electron chi connectivity index (χ3n) is 4.66. The van der Waals surface area contributed by atoms with Crippen LogP contribution in [0.15, 0.2) is 35.3 Å². The van der Waals surface area contributed by atoms with Crippen molar-refractivity contribution in [2.24, 2.45) is 0 Å². The molecule has 0 saturated carbocycles. The summed E-state index contributed by atoms with van der Waals surface area (Å²) in [4.78, 5) is 30.3. The topological polar surface area (TPSA) is 93.4 Å². The van der Waals surface area contributed by atoms with E-state index in [2.05, 4.69) is 24.1 Å². The molecule has 0 aromatic carbocycles. The van der Waals surface area contributed by atoms with Gasteiger partial charge in [0, 0.05) is 12.7 Å². The molecule has 0 aliphatic carbocycles. The van der Waals surface area contributed by atoms with Crippen molar-refractivity contribution in [3.05, 3.63) is 46.4 Å². The molecule has 0 spiro atoms. The zero-order chi connectivity index (χ0) is 19.4. The lowest BCUT2D eigenvalue weighted by molar-refractivity contribution is -0.659. The Balaban J connectivity index is 2.23. The first-order valence-corrected chi connectivity index (χ1v) is 9.50. The maximum atomic E-state index is 13.0. The van der Waals surface area contributed by atoms with Crippen molar-refractivity contribution >= 4 is 28.4 Å². The molecular formula is C20H26N5O2+. The quantitative estimate of drug-likeness (QED) is 0.379. The largest absolute Gasteiger partial charge is 0.352 e. The highest BCUT2D eigenvalue weighted by molar-refractivity contribution is 6.00. The van der Waals surface area contributed by atoms with Crippen LogP contribution in [0.3, 0.4) is 0 Å². The van der Waals surface area contributed by atoms with Gasteiger partial charge in [-0.1, -0.05) is 37.7 Å². The molecule has 3 rings (SSSR count). The fourth-order valence-corrected chi connectivity index (χ4v) is 3.10. The van der Waals surface area contributed by atoms with E-state index >= 15 is 0 Å². The maximum absolute atomic E-state index is 13.0. The van der Waals surface area contributed by atoms with E-state index in [0.29, 0.717) is 41.2 Å². The molecule has 0 atom stereocenters. The van der Waals surface area contributed by atoms with Crippen LogP contribution < -0.4 is 21.2 Å². The van der Waals surface area contributed by atoms with Crippen molar-refractivity contribution in [2.45, 2.75) is 46.1 Å². The molecule has 0 radical (unpaired) electrons. The third kappa shape index (κ3) is 3.63. The normalized spacial score (nSPS) is 11.2. The highest BCUT2D eigenvalue weighted by Gasteiger charge is 2.23. The van der Waals surface area contributed by atoms with Crippen molar-refractivity contribution in [3.8, 4) is 0 Å². The minimum Gasteiger partial charge on any atom is -0.352 e. The fraction of sp³-hybridized carbons (Fsp3) is 0.400. The van der Waals surface area contributed by atoms with Gasteiger partial charge >= 0.3 is 0 Å². The Hall–Kier alpha value is -2.96. The lowest BCUT2D eigenvalue weighted by Crippen LogP contribution is -2.43. The molecule has 0 aliphatic heterocycles. The number of nitrogens with one attached hydrogen (secondary N) is 1. The summed E-state index contributed by atoms with van der Waals surface area (Å²) in [6.07, 6.45) is 5.40. The van der Waals surface area contributed by atoms with Crippen LogP contribution in [0, 0.1) is 0 Å². The molecule has 7 heteroatoms. The Morgan fingerprint density at radius 2 is 2.04 bits per heavy atom. The smallest absolute Gasteiger partial charge is 0.278 e. The number of nitrogen functional groups attached to an aromatic ring is 1.